The molecule has 1 aliphatic heterocycles. The largest absolute Gasteiger partial charge is 0.478 e. The summed E-state index contributed by atoms with van der Waals surface area (Å²) in [6.07, 6.45) is 0. The standard InChI is InChI=1S/C13H18N2O5S/c1-9-7-11(8-12(10(9)2)13(16)17)14-21(18,19)15-3-5-20-6-4-15/h7-8,14H,3-6H2,1-2H3,(H,16,17). The summed E-state index contributed by atoms with van der Waals surface area (Å²) >= 11 is 0. The van der Waals surface area contributed by atoms with Crippen LogP contribution in [0.25, 0.3) is 0 Å². The van der Waals surface area contributed by atoms with Gasteiger partial charge in [0.25, 0.3) is 0 Å². The Hall–Kier alpha value is -1.64. The molecule has 1 saturated heterocycles. The fraction of sp³-hybridized carbons (Fsp3) is 0.462. The SMILES string of the molecule is Cc1cc(NS(=O)(=O)N2CCOCC2)cc(C(=O)O)c1C. The summed E-state index contributed by atoms with van der Waals surface area (Å²) in [4.78, 5) is 11.2. The van der Waals surface area contributed by atoms with Gasteiger partial charge in [0.2, 0.25) is 0 Å². The molecule has 1 aliphatic rings. The second-order valence-electron chi connectivity index (χ2n) is 4.89. The molecule has 0 amide bonds. The number of aryl methyl sites for hydroxylation is 1. The van der Waals surface area contributed by atoms with Crippen LogP contribution in [0.1, 0.15) is 21.5 Å². The molecule has 0 saturated carbocycles. The lowest BCUT2D eigenvalue weighted by atomic mass is 10.0. The Kier molecular flexibility index (Phi) is 4.50. The van der Waals surface area contributed by atoms with Crippen LogP contribution >= 0.6 is 0 Å². The molecule has 0 unspecified atom stereocenters. The molecule has 1 heterocycles. The number of carbonyl (C=O) groups is 1. The molecule has 1 aromatic carbocycles. The van der Waals surface area contributed by atoms with Crippen molar-refractivity contribution in [1.29, 1.82) is 0 Å². The van der Waals surface area contributed by atoms with E-state index in [1.54, 1.807) is 19.9 Å². The van der Waals surface area contributed by atoms with Gasteiger partial charge in [0.15, 0.2) is 0 Å². The van der Waals surface area contributed by atoms with E-state index in [9.17, 15) is 13.2 Å². The Morgan fingerprint density at radius 3 is 2.48 bits per heavy atom. The van der Waals surface area contributed by atoms with Crippen LogP contribution < -0.4 is 4.72 Å². The highest BCUT2D eigenvalue weighted by atomic mass is 32.2. The van der Waals surface area contributed by atoms with Crippen LogP contribution in [0, 0.1) is 13.8 Å². The number of morpholine rings is 1. The third-order valence-corrected chi connectivity index (χ3v) is 4.99. The Balaban J connectivity index is 2.28. The molecule has 0 aromatic heterocycles. The number of hydrogen-bond acceptors (Lipinski definition) is 4. The molecule has 21 heavy (non-hydrogen) atoms. The molecule has 0 spiro atoms. The van der Waals surface area contributed by atoms with Crippen molar-refractivity contribution in [2.24, 2.45) is 0 Å². The van der Waals surface area contributed by atoms with Crippen LogP contribution in [0.15, 0.2) is 12.1 Å². The van der Waals surface area contributed by atoms with Gasteiger partial charge in [-0.1, -0.05) is 0 Å². The van der Waals surface area contributed by atoms with E-state index in [2.05, 4.69) is 4.72 Å². The molecule has 7 nitrogen and oxygen atoms in total. The van der Waals surface area contributed by atoms with Crippen LogP contribution in [0.5, 0.6) is 0 Å². The smallest absolute Gasteiger partial charge is 0.336 e. The van der Waals surface area contributed by atoms with Crippen molar-refractivity contribution < 1.29 is 23.1 Å². The number of hydrogen-bond donors (Lipinski definition) is 2. The summed E-state index contributed by atoms with van der Waals surface area (Å²) in [5.74, 6) is -1.08. The van der Waals surface area contributed by atoms with Gasteiger partial charge in [-0.15, -0.1) is 0 Å². The molecule has 0 aliphatic carbocycles. The quantitative estimate of drug-likeness (QED) is 0.864. The van der Waals surface area contributed by atoms with E-state index in [1.807, 2.05) is 0 Å². The maximum Gasteiger partial charge on any atom is 0.336 e. The summed E-state index contributed by atoms with van der Waals surface area (Å²) in [7, 11) is -3.70. The maximum absolute atomic E-state index is 12.2. The molecule has 1 fully saturated rings. The number of rotatable bonds is 4. The van der Waals surface area contributed by atoms with Crippen LogP contribution in [0.4, 0.5) is 5.69 Å². The summed E-state index contributed by atoms with van der Waals surface area (Å²) in [5.41, 5.74) is 1.68. The second kappa shape index (κ2) is 6.00. The van der Waals surface area contributed by atoms with Gasteiger partial charge in [-0.2, -0.15) is 12.7 Å². The Bertz CT molecular complexity index is 651. The summed E-state index contributed by atoms with van der Waals surface area (Å²) < 4.78 is 33.3. The monoisotopic (exact) mass is 314 g/mol. The first kappa shape index (κ1) is 15.7. The van der Waals surface area contributed by atoms with Gasteiger partial charge in [0.05, 0.1) is 24.5 Å². The summed E-state index contributed by atoms with van der Waals surface area (Å²) in [6.45, 7) is 4.72. The molecule has 116 valence electrons. The van der Waals surface area contributed by atoms with E-state index >= 15 is 0 Å². The number of nitrogens with one attached hydrogen (secondary N) is 1. The van der Waals surface area contributed by atoms with E-state index < -0.39 is 16.2 Å². The zero-order valence-corrected chi connectivity index (χ0v) is 12.7. The van der Waals surface area contributed by atoms with Crippen molar-refractivity contribution in [2.75, 3.05) is 31.0 Å². The Morgan fingerprint density at radius 1 is 1.29 bits per heavy atom. The van der Waals surface area contributed by atoms with Gasteiger partial charge in [0, 0.05) is 13.1 Å². The zero-order valence-electron chi connectivity index (χ0n) is 11.9. The van der Waals surface area contributed by atoms with Gasteiger partial charge >= 0.3 is 16.2 Å². The lowest BCUT2D eigenvalue weighted by Crippen LogP contribution is -2.43. The second-order valence-corrected chi connectivity index (χ2v) is 6.56. The molecule has 8 heteroatoms. The first-order valence-corrected chi connectivity index (χ1v) is 7.95. The van der Waals surface area contributed by atoms with Crippen molar-refractivity contribution >= 4 is 21.9 Å². The molecular formula is C13H18N2O5S. The van der Waals surface area contributed by atoms with E-state index in [-0.39, 0.29) is 24.3 Å². The normalized spacial score (nSPS) is 16.7. The van der Waals surface area contributed by atoms with Gasteiger partial charge in [-0.25, -0.2) is 4.79 Å². The molecular weight excluding hydrogens is 296 g/mol. The van der Waals surface area contributed by atoms with Gasteiger partial charge in [0.1, 0.15) is 0 Å². The minimum Gasteiger partial charge on any atom is -0.478 e. The van der Waals surface area contributed by atoms with Crippen molar-refractivity contribution in [3.63, 3.8) is 0 Å². The Labute approximate surface area is 123 Å². The predicted molar refractivity (Wildman–Crippen MR) is 77.8 cm³/mol. The van der Waals surface area contributed by atoms with Gasteiger partial charge in [-0.05, 0) is 37.1 Å². The van der Waals surface area contributed by atoms with Crippen molar-refractivity contribution in [1.82, 2.24) is 4.31 Å². The number of aromatic carboxylic acids is 1. The van der Waals surface area contributed by atoms with Crippen LogP contribution in [-0.4, -0.2) is 50.1 Å². The first-order chi connectivity index (χ1) is 9.81. The number of anilines is 1. The Morgan fingerprint density at radius 2 is 1.90 bits per heavy atom. The molecule has 0 bridgehead atoms. The summed E-state index contributed by atoms with van der Waals surface area (Å²) in [6, 6.07) is 2.96. The molecule has 2 N–H and O–H groups in total. The molecule has 0 atom stereocenters. The number of benzene rings is 1. The fourth-order valence-corrected chi connectivity index (χ4v) is 3.32. The van der Waals surface area contributed by atoms with E-state index in [1.165, 1.54) is 10.4 Å². The lowest BCUT2D eigenvalue weighted by molar-refractivity contribution is 0.0696. The minimum absolute atomic E-state index is 0.0923. The van der Waals surface area contributed by atoms with Gasteiger partial charge < -0.3 is 9.84 Å². The van der Waals surface area contributed by atoms with Crippen molar-refractivity contribution in [3.8, 4) is 0 Å². The van der Waals surface area contributed by atoms with Crippen molar-refractivity contribution in [3.05, 3.63) is 28.8 Å². The lowest BCUT2D eigenvalue weighted by Gasteiger charge is -2.26. The summed E-state index contributed by atoms with van der Waals surface area (Å²) in [5, 5.41) is 9.16. The molecule has 2 rings (SSSR count). The number of ether oxygens (including phenoxy) is 1. The van der Waals surface area contributed by atoms with E-state index in [0.717, 1.165) is 5.56 Å². The van der Waals surface area contributed by atoms with Crippen molar-refractivity contribution in [2.45, 2.75) is 13.8 Å². The maximum atomic E-state index is 12.2. The predicted octanol–water partition coefficient (Wildman–Crippen LogP) is 0.991. The average molecular weight is 314 g/mol. The minimum atomic E-state index is -3.70. The molecule has 1 aromatic rings. The molecule has 0 radical (unpaired) electrons. The number of nitrogens with zero attached hydrogens (tertiary/aromatic N) is 1. The third kappa shape index (κ3) is 3.52. The van der Waals surface area contributed by atoms with Gasteiger partial charge in [-0.3, -0.25) is 4.72 Å². The van der Waals surface area contributed by atoms with Crippen LogP contribution in [-0.2, 0) is 14.9 Å². The number of carboxylic acid groups (broad SMARTS) is 1. The highest BCUT2D eigenvalue weighted by molar-refractivity contribution is 7.90. The topological polar surface area (TPSA) is 95.9 Å². The zero-order chi connectivity index (χ0) is 15.6. The third-order valence-electron chi connectivity index (χ3n) is 3.45. The number of carboxylic acids is 1. The average Bonchev–Trinajstić information content (AvgIpc) is 2.43. The van der Waals surface area contributed by atoms with E-state index in [0.29, 0.717) is 18.8 Å². The fourth-order valence-electron chi connectivity index (χ4n) is 2.14. The van der Waals surface area contributed by atoms with E-state index in [4.69, 9.17) is 9.84 Å². The van der Waals surface area contributed by atoms with Crippen LogP contribution in [0.2, 0.25) is 0 Å². The highest BCUT2D eigenvalue weighted by Gasteiger charge is 2.24. The van der Waals surface area contributed by atoms with Crippen LogP contribution in [0.3, 0.4) is 0 Å². The first-order valence-electron chi connectivity index (χ1n) is 6.51. The highest BCUT2D eigenvalue weighted by Crippen LogP contribution is 2.21.